The fraction of sp³-hybridized carbons (Fsp3) is 0.150. The Hall–Kier alpha value is -2.93. The molecule has 6 nitrogen and oxygen atoms in total. The lowest BCUT2D eigenvalue weighted by Gasteiger charge is -2.26. The number of carbonyl (C=O) groups excluding carboxylic acids is 3. The van der Waals surface area contributed by atoms with Crippen molar-refractivity contribution in [1.29, 1.82) is 0 Å². The highest BCUT2D eigenvalue weighted by atomic mass is 79.9. The summed E-state index contributed by atoms with van der Waals surface area (Å²) in [4.78, 5) is 38.4. The van der Waals surface area contributed by atoms with E-state index in [4.69, 9.17) is 4.74 Å². The number of hydrogen-bond acceptors (Lipinski definition) is 4. The molecule has 138 valence electrons. The molecule has 1 aliphatic heterocycles. The molecule has 4 amide bonds. The van der Waals surface area contributed by atoms with E-state index in [1.807, 2.05) is 13.8 Å². The fourth-order valence-corrected chi connectivity index (χ4v) is 3.00. The Kier molecular flexibility index (Phi) is 5.14. The van der Waals surface area contributed by atoms with E-state index >= 15 is 0 Å². The highest BCUT2D eigenvalue weighted by Crippen LogP contribution is 2.27. The van der Waals surface area contributed by atoms with Crippen LogP contribution in [0.1, 0.15) is 16.7 Å². The summed E-state index contributed by atoms with van der Waals surface area (Å²) in [5.74, 6) is -0.706. The third kappa shape index (κ3) is 3.64. The summed E-state index contributed by atoms with van der Waals surface area (Å²) in [6, 6.07) is 9.62. The zero-order valence-corrected chi connectivity index (χ0v) is 16.6. The molecule has 1 aliphatic rings. The lowest BCUT2D eigenvalue weighted by molar-refractivity contribution is -0.122. The minimum Gasteiger partial charge on any atom is -0.497 e. The van der Waals surface area contributed by atoms with Gasteiger partial charge in [0.2, 0.25) is 0 Å². The average Bonchev–Trinajstić information content (AvgIpc) is 2.62. The van der Waals surface area contributed by atoms with Crippen LogP contribution in [-0.2, 0) is 9.59 Å². The quantitative estimate of drug-likeness (QED) is 0.596. The van der Waals surface area contributed by atoms with E-state index in [0.29, 0.717) is 17.0 Å². The summed E-state index contributed by atoms with van der Waals surface area (Å²) in [5.41, 5.74) is 2.67. The van der Waals surface area contributed by atoms with Crippen LogP contribution >= 0.6 is 15.9 Å². The van der Waals surface area contributed by atoms with Crippen molar-refractivity contribution >= 4 is 45.5 Å². The van der Waals surface area contributed by atoms with Crippen LogP contribution < -0.4 is 15.0 Å². The number of barbiturate groups is 1. The van der Waals surface area contributed by atoms with Crippen LogP contribution in [0.25, 0.3) is 6.08 Å². The number of nitrogens with zero attached hydrogens (tertiary/aromatic N) is 1. The zero-order valence-electron chi connectivity index (χ0n) is 15.0. The first-order valence-corrected chi connectivity index (χ1v) is 8.93. The summed E-state index contributed by atoms with van der Waals surface area (Å²) in [5, 5.41) is 2.23. The van der Waals surface area contributed by atoms with Crippen molar-refractivity contribution in [2.75, 3.05) is 12.0 Å². The minimum atomic E-state index is -0.768. The number of nitrogens with one attached hydrogen (secondary N) is 1. The topological polar surface area (TPSA) is 75.7 Å². The molecule has 0 spiro atoms. The zero-order chi connectivity index (χ0) is 19.7. The van der Waals surface area contributed by atoms with Crippen molar-refractivity contribution < 1.29 is 19.1 Å². The van der Waals surface area contributed by atoms with Gasteiger partial charge in [-0.2, -0.15) is 0 Å². The molecular weight excluding hydrogens is 412 g/mol. The van der Waals surface area contributed by atoms with Gasteiger partial charge in [0, 0.05) is 4.47 Å². The molecule has 2 aromatic carbocycles. The van der Waals surface area contributed by atoms with Crippen LogP contribution in [0.15, 0.2) is 46.4 Å². The molecule has 1 heterocycles. The van der Waals surface area contributed by atoms with Gasteiger partial charge < -0.3 is 4.74 Å². The van der Waals surface area contributed by atoms with Crippen LogP contribution in [0.3, 0.4) is 0 Å². The van der Waals surface area contributed by atoms with Crippen molar-refractivity contribution in [2.45, 2.75) is 13.8 Å². The molecule has 0 bridgehead atoms. The van der Waals surface area contributed by atoms with Gasteiger partial charge >= 0.3 is 6.03 Å². The Bertz CT molecular complexity index is 997. The Balaban J connectivity index is 2.03. The maximum absolute atomic E-state index is 12.9. The number of amides is 4. The van der Waals surface area contributed by atoms with E-state index in [9.17, 15) is 14.4 Å². The highest BCUT2D eigenvalue weighted by molar-refractivity contribution is 9.10. The molecule has 27 heavy (non-hydrogen) atoms. The van der Waals surface area contributed by atoms with Gasteiger partial charge in [-0.3, -0.25) is 14.9 Å². The largest absolute Gasteiger partial charge is 0.497 e. The molecule has 1 saturated heterocycles. The van der Waals surface area contributed by atoms with Crippen LogP contribution in [0, 0.1) is 13.8 Å². The van der Waals surface area contributed by atoms with E-state index in [1.54, 1.807) is 43.5 Å². The minimum absolute atomic E-state index is 0.108. The molecule has 1 N–H and O–H groups in total. The van der Waals surface area contributed by atoms with Gasteiger partial charge in [-0.15, -0.1) is 0 Å². The number of hydrogen-bond donors (Lipinski definition) is 1. The van der Waals surface area contributed by atoms with E-state index in [1.165, 1.54) is 6.08 Å². The monoisotopic (exact) mass is 428 g/mol. The number of rotatable bonds is 3. The van der Waals surface area contributed by atoms with Crippen molar-refractivity contribution in [3.05, 3.63) is 63.1 Å². The fourth-order valence-electron chi connectivity index (χ4n) is 2.75. The molecule has 7 heteroatoms. The van der Waals surface area contributed by atoms with Crippen LogP contribution in [0.4, 0.5) is 10.5 Å². The standard InChI is InChI=1S/C20H17BrN2O4/c1-11-9-15(27-3)6-4-13(11)10-16-18(24)22-20(26)23(19(16)25)14-5-7-17(21)12(2)8-14/h4-10H,1-3H3,(H,22,24,26)/b16-10-. The molecule has 3 rings (SSSR count). The van der Waals surface area contributed by atoms with E-state index < -0.39 is 17.8 Å². The second-order valence-corrected chi connectivity index (χ2v) is 6.97. The van der Waals surface area contributed by atoms with E-state index in [0.717, 1.165) is 20.5 Å². The number of anilines is 1. The number of benzene rings is 2. The summed E-state index contributed by atoms with van der Waals surface area (Å²) in [6.07, 6.45) is 1.48. The van der Waals surface area contributed by atoms with Crippen LogP contribution in [0.2, 0.25) is 0 Å². The van der Waals surface area contributed by atoms with E-state index in [-0.39, 0.29) is 5.57 Å². The normalized spacial score (nSPS) is 15.9. The Morgan fingerprint density at radius 2 is 1.78 bits per heavy atom. The van der Waals surface area contributed by atoms with Gasteiger partial charge in [0.05, 0.1) is 12.8 Å². The smallest absolute Gasteiger partial charge is 0.335 e. The number of imide groups is 2. The summed E-state index contributed by atoms with van der Waals surface area (Å²) >= 11 is 3.39. The predicted octanol–water partition coefficient (Wildman–Crippen LogP) is 3.74. The highest BCUT2D eigenvalue weighted by Gasteiger charge is 2.37. The number of aryl methyl sites for hydroxylation is 2. The third-order valence-electron chi connectivity index (χ3n) is 4.28. The molecule has 0 radical (unpaired) electrons. The number of halogens is 1. The number of carbonyl (C=O) groups is 3. The average molecular weight is 429 g/mol. The number of methoxy groups -OCH3 is 1. The predicted molar refractivity (Wildman–Crippen MR) is 106 cm³/mol. The van der Waals surface area contributed by atoms with Crippen molar-refractivity contribution in [3.8, 4) is 5.75 Å². The van der Waals surface area contributed by atoms with Crippen molar-refractivity contribution in [1.82, 2.24) is 5.32 Å². The Labute approximate surface area is 164 Å². The summed E-state index contributed by atoms with van der Waals surface area (Å²) in [7, 11) is 1.56. The maximum atomic E-state index is 12.9. The first-order valence-electron chi connectivity index (χ1n) is 8.14. The SMILES string of the molecule is COc1ccc(/C=C2/C(=O)NC(=O)N(c3ccc(Br)c(C)c3)C2=O)c(C)c1. The second kappa shape index (κ2) is 7.36. The van der Waals surface area contributed by atoms with Crippen molar-refractivity contribution in [3.63, 3.8) is 0 Å². The Morgan fingerprint density at radius 3 is 2.41 bits per heavy atom. The molecule has 0 aliphatic carbocycles. The molecule has 0 saturated carbocycles. The lowest BCUT2D eigenvalue weighted by Crippen LogP contribution is -2.54. The van der Waals surface area contributed by atoms with Gasteiger partial charge in [0.25, 0.3) is 11.8 Å². The molecule has 0 aromatic heterocycles. The third-order valence-corrected chi connectivity index (χ3v) is 5.17. The van der Waals surface area contributed by atoms with Gasteiger partial charge in [-0.1, -0.05) is 22.0 Å². The van der Waals surface area contributed by atoms with Gasteiger partial charge in [-0.25, -0.2) is 9.69 Å². The first kappa shape index (κ1) is 18.8. The maximum Gasteiger partial charge on any atom is 0.335 e. The number of ether oxygens (including phenoxy) is 1. The van der Waals surface area contributed by atoms with Crippen LogP contribution in [-0.4, -0.2) is 25.0 Å². The lowest BCUT2D eigenvalue weighted by atomic mass is 10.0. The van der Waals surface area contributed by atoms with Gasteiger partial charge in [-0.05, 0) is 66.9 Å². The van der Waals surface area contributed by atoms with Gasteiger partial charge in [0.1, 0.15) is 11.3 Å². The summed E-state index contributed by atoms with van der Waals surface area (Å²) in [6.45, 7) is 3.70. The van der Waals surface area contributed by atoms with E-state index in [2.05, 4.69) is 21.2 Å². The molecule has 0 atom stereocenters. The van der Waals surface area contributed by atoms with Crippen molar-refractivity contribution in [2.24, 2.45) is 0 Å². The summed E-state index contributed by atoms with van der Waals surface area (Å²) < 4.78 is 6.03. The molecular formula is C20H17BrN2O4. The Morgan fingerprint density at radius 1 is 1.04 bits per heavy atom. The van der Waals surface area contributed by atoms with Crippen LogP contribution in [0.5, 0.6) is 5.75 Å². The first-order chi connectivity index (χ1) is 12.8. The second-order valence-electron chi connectivity index (χ2n) is 6.11. The molecule has 1 fully saturated rings. The van der Waals surface area contributed by atoms with Gasteiger partial charge in [0.15, 0.2) is 0 Å². The molecule has 0 unspecified atom stereocenters. The number of urea groups is 1. The molecule has 2 aromatic rings.